The fourth-order valence-electron chi connectivity index (χ4n) is 2.97. The summed E-state index contributed by atoms with van der Waals surface area (Å²) in [7, 11) is 1.67. The fourth-order valence-corrected chi connectivity index (χ4v) is 3.14. The van der Waals surface area contributed by atoms with Gasteiger partial charge in [0.1, 0.15) is 11.6 Å². The number of halogens is 2. The van der Waals surface area contributed by atoms with Gasteiger partial charge in [0.2, 0.25) is 0 Å². The summed E-state index contributed by atoms with van der Waals surface area (Å²) >= 11 is 6.21. The monoisotopic (exact) mass is 361 g/mol. The molecular weight excluding hydrogens is 345 g/mol. The van der Waals surface area contributed by atoms with Crippen LogP contribution >= 0.6 is 24.0 Å². The van der Waals surface area contributed by atoms with Crippen LogP contribution in [0.5, 0.6) is 5.75 Å². The van der Waals surface area contributed by atoms with Crippen molar-refractivity contribution in [3.8, 4) is 17.0 Å². The molecule has 0 saturated heterocycles. The second kappa shape index (κ2) is 6.75. The number of hydrogen-bond acceptors (Lipinski definition) is 3. The van der Waals surface area contributed by atoms with Crippen LogP contribution in [0.1, 0.15) is 5.56 Å². The quantitative estimate of drug-likeness (QED) is 0.731. The van der Waals surface area contributed by atoms with Gasteiger partial charge < -0.3 is 15.0 Å². The predicted octanol–water partition coefficient (Wildman–Crippen LogP) is 4.27. The zero-order valence-electron chi connectivity index (χ0n) is 13.1. The van der Waals surface area contributed by atoms with Gasteiger partial charge in [0, 0.05) is 33.6 Å². The first-order valence-corrected chi connectivity index (χ1v) is 7.88. The van der Waals surface area contributed by atoms with E-state index in [-0.39, 0.29) is 12.4 Å². The minimum atomic E-state index is 0. The lowest BCUT2D eigenvalue weighted by atomic mass is 10.0. The summed E-state index contributed by atoms with van der Waals surface area (Å²) in [6, 6.07) is 13.9. The molecule has 0 spiro atoms. The molecule has 0 unspecified atom stereocenters. The number of methoxy groups -OCH3 is 1. The van der Waals surface area contributed by atoms with Crippen molar-refractivity contribution >= 4 is 40.7 Å². The molecule has 2 heterocycles. The Morgan fingerprint density at radius 3 is 2.79 bits per heavy atom. The average Bonchev–Trinajstić information content (AvgIpc) is 3.21. The van der Waals surface area contributed by atoms with Crippen LogP contribution in [0.2, 0.25) is 5.02 Å². The average molecular weight is 362 g/mol. The number of nitrogens with one attached hydrogen (secondary N) is 2. The van der Waals surface area contributed by atoms with Crippen molar-refractivity contribution < 1.29 is 4.74 Å². The SMILES string of the molecule is COc1cccc(-c2[nH]c3ccc(Cl)cc3c2C2=NCCN2)c1.Cl. The molecule has 6 heteroatoms. The third-order valence-corrected chi connectivity index (χ3v) is 4.27. The Balaban J connectivity index is 0.00000169. The molecule has 1 aliphatic heterocycles. The molecule has 0 bridgehead atoms. The Morgan fingerprint density at radius 1 is 1.17 bits per heavy atom. The number of H-pyrrole nitrogens is 1. The molecule has 0 radical (unpaired) electrons. The first-order valence-electron chi connectivity index (χ1n) is 7.50. The van der Waals surface area contributed by atoms with E-state index in [1.54, 1.807) is 7.11 Å². The molecule has 0 amide bonds. The molecule has 0 aliphatic carbocycles. The zero-order valence-corrected chi connectivity index (χ0v) is 14.7. The number of aromatic nitrogens is 1. The highest BCUT2D eigenvalue weighted by atomic mass is 35.5. The van der Waals surface area contributed by atoms with E-state index in [2.05, 4.69) is 21.4 Å². The molecule has 0 saturated carbocycles. The van der Waals surface area contributed by atoms with E-state index in [1.165, 1.54) is 0 Å². The van der Waals surface area contributed by atoms with Gasteiger partial charge in [-0.1, -0.05) is 23.7 Å². The number of ether oxygens (including phenoxy) is 1. The lowest BCUT2D eigenvalue weighted by Gasteiger charge is -2.07. The van der Waals surface area contributed by atoms with E-state index in [0.717, 1.165) is 52.4 Å². The van der Waals surface area contributed by atoms with Crippen molar-refractivity contribution in [3.05, 3.63) is 53.1 Å². The van der Waals surface area contributed by atoms with E-state index in [4.69, 9.17) is 16.3 Å². The first kappa shape index (κ1) is 16.7. The second-order valence-corrected chi connectivity index (χ2v) is 5.89. The van der Waals surface area contributed by atoms with Gasteiger partial charge in [0.05, 0.1) is 19.3 Å². The molecule has 0 atom stereocenters. The smallest absolute Gasteiger partial charge is 0.131 e. The maximum absolute atomic E-state index is 6.21. The molecule has 1 aromatic heterocycles. The number of hydrogen-bond donors (Lipinski definition) is 2. The molecule has 2 N–H and O–H groups in total. The molecule has 124 valence electrons. The fraction of sp³-hybridized carbons (Fsp3) is 0.167. The summed E-state index contributed by atoms with van der Waals surface area (Å²) in [6.07, 6.45) is 0. The lowest BCUT2D eigenvalue weighted by Crippen LogP contribution is -2.19. The number of benzene rings is 2. The summed E-state index contributed by atoms with van der Waals surface area (Å²) in [6.45, 7) is 1.65. The molecule has 4 nitrogen and oxygen atoms in total. The summed E-state index contributed by atoms with van der Waals surface area (Å²) in [5.74, 6) is 1.74. The van der Waals surface area contributed by atoms with Crippen LogP contribution in [0.25, 0.3) is 22.2 Å². The lowest BCUT2D eigenvalue weighted by molar-refractivity contribution is 0.415. The van der Waals surface area contributed by atoms with Crippen LogP contribution in [0, 0.1) is 0 Å². The Kier molecular flexibility index (Phi) is 4.69. The van der Waals surface area contributed by atoms with E-state index >= 15 is 0 Å². The summed E-state index contributed by atoms with van der Waals surface area (Å²) in [5, 5.41) is 5.15. The van der Waals surface area contributed by atoms with Crippen LogP contribution in [0.4, 0.5) is 0 Å². The topological polar surface area (TPSA) is 49.4 Å². The van der Waals surface area contributed by atoms with Gasteiger partial charge in [-0.25, -0.2) is 0 Å². The Bertz CT molecular complexity index is 918. The van der Waals surface area contributed by atoms with Crippen LogP contribution in [-0.4, -0.2) is 31.0 Å². The number of amidine groups is 1. The maximum atomic E-state index is 6.21. The second-order valence-electron chi connectivity index (χ2n) is 5.45. The molecule has 24 heavy (non-hydrogen) atoms. The molecule has 2 aromatic carbocycles. The van der Waals surface area contributed by atoms with Gasteiger partial charge in [0.25, 0.3) is 0 Å². The van der Waals surface area contributed by atoms with E-state index in [9.17, 15) is 0 Å². The van der Waals surface area contributed by atoms with Gasteiger partial charge in [-0.15, -0.1) is 12.4 Å². The van der Waals surface area contributed by atoms with Crippen LogP contribution in [0.3, 0.4) is 0 Å². The van der Waals surface area contributed by atoms with Gasteiger partial charge >= 0.3 is 0 Å². The summed E-state index contributed by atoms with van der Waals surface area (Å²) < 4.78 is 5.35. The van der Waals surface area contributed by atoms with Crippen molar-refractivity contribution in [2.75, 3.05) is 20.2 Å². The van der Waals surface area contributed by atoms with Gasteiger partial charge in [-0.05, 0) is 30.3 Å². The van der Waals surface area contributed by atoms with Gasteiger partial charge in [-0.3, -0.25) is 4.99 Å². The molecule has 4 rings (SSSR count). The molecule has 1 aliphatic rings. The predicted molar refractivity (Wildman–Crippen MR) is 102 cm³/mol. The van der Waals surface area contributed by atoms with Gasteiger partial charge in [-0.2, -0.15) is 0 Å². The van der Waals surface area contributed by atoms with E-state index in [1.807, 2.05) is 36.4 Å². The molecule has 0 fully saturated rings. The minimum absolute atomic E-state index is 0. The highest BCUT2D eigenvalue weighted by Crippen LogP contribution is 2.33. The van der Waals surface area contributed by atoms with Crippen LogP contribution < -0.4 is 10.1 Å². The van der Waals surface area contributed by atoms with Crippen molar-refractivity contribution in [2.45, 2.75) is 0 Å². The number of fused-ring (bicyclic) bond motifs is 1. The minimum Gasteiger partial charge on any atom is -0.497 e. The Hall–Kier alpha value is -2.17. The Morgan fingerprint density at radius 2 is 2.04 bits per heavy atom. The molecule has 3 aromatic rings. The van der Waals surface area contributed by atoms with Gasteiger partial charge in [0.15, 0.2) is 0 Å². The number of rotatable bonds is 3. The molecular formula is C18H17Cl2N3O. The standard InChI is InChI=1S/C18H16ClN3O.ClH/c1-23-13-4-2-3-11(9-13)17-16(18-20-7-8-21-18)14-10-12(19)5-6-15(14)22-17;/h2-6,9-10,22H,7-8H2,1H3,(H,20,21);1H. The third-order valence-electron chi connectivity index (χ3n) is 4.03. The number of aliphatic imine (C=N–C) groups is 1. The van der Waals surface area contributed by atoms with Crippen molar-refractivity contribution in [1.82, 2.24) is 10.3 Å². The normalized spacial score (nSPS) is 13.3. The highest BCUT2D eigenvalue weighted by Gasteiger charge is 2.20. The largest absolute Gasteiger partial charge is 0.497 e. The van der Waals surface area contributed by atoms with Crippen molar-refractivity contribution in [1.29, 1.82) is 0 Å². The van der Waals surface area contributed by atoms with E-state index in [0.29, 0.717) is 5.02 Å². The summed E-state index contributed by atoms with van der Waals surface area (Å²) in [4.78, 5) is 8.10. The van der Waals surface area contributed by atoms with Crippen molar-refractivity contribution in [2.24, 2.45) is 4.99 Å². The zero-order chi connectivity index (χ0) is 15.8. The van der Waals surface area contributed by atoms with Crippen LogP contribution in [0.15, 0.2) is 47.5 Å². The number of aromatic amines is 1. The Labute approximate surface area is 151 Å². The van der Waals surface area contributed by atoms with E-state index < -0.39 is 0 Å². The highest BCUT2D eigenvalue weighted by molar-refractivity contribution is 6.31. The van der Waals surface area contributed by atoms with Crippen LogP contribution in [-0.2, 0) is 0 Å². The van der Waals surface area contributed by atoms with Crippen molar-refractivity contribution in [3.63, 3.8) is 0 Å². The summed E-state index contributed by atoms with van der Waals surface area (Å²) in [5.41, 5.74) is 4.18. The first-order chi connectivity index (χ1) is 11.3. The maximum Gasteiger partial charge on any atom is 0.131 e. The number of nitrogens with zero attached hydrogens (tertiary/aromatic N) is 1. The third kappa shape index (κ3) is 2.83.